The minimum Gasteiger partial charge on any atom is -0.425 e. The van der Waals surface area contributed by atoms with Crippen LogP contribution in [0.4, 0.5) is 0 Å². The Kier molecular flexibility index (Phi) is 7.94. The molecule has 1 unspecified atom stereocenters. The normalized spacial score (nSPS) is 12.4. The molecule has 0 saturated carbocycles. The lowest BCUT2D eigenvalue weighted by Gasteiger charge is -2.19. The van der Waals surface area contributed by atoms with Crippen LogP contribution < -0.4 is 10.5 Å². The van der Waals surface area contributed by atoms with Gasteiger partial charge in [0, 0.05) is 20.5 Å². The number of benzene rings is 2. The maximum absolute atomic E-state index is 13.3. The van der Waals surface area contributed by atoms with E-state index in [9.17, 15) is 9.59 Å². The zero-order chi connectivity index (χ0) is 24.0. The molecular weight excluding hydrogens is 434 g/mol. The Labute approximate surface area is 195 Å². The monoisotopic (exact) mass is 465 g/mol. The molecule has 1 atom stereocenters. The number of carbonyl (C=O) groups excluding carboxylic acids is 2. The van der Waals surface area contributed by atoms with Gasteiger partial charge in [0.05, 0.1) is 14.7 Å². The number of aromatic nitrogens is 2. The number of ether oxygens (including phenoxy) is 1. The predicted molar refractivity (Wildman–Crippen MR) is 129 cm³/mol. The molecule has 2 aromatic carbocycles. The molecule has 1 heterocycles. The summed E-state index contributed by atoms with van der Waals surface area (Å²) in [6, 6.07) is 14.9. The van der Waals surface area contributed by atoms with Gasteiger partial charge in [0.25, 0.3) is 0 Å². The molecule has 0 aliphatic carbocycles. The van der Waals surface area contributed by atoms with Crippen molar-refractivity contribution in [3.63, 3.8) is 0 Å². The Morgan fingerprint density at radius 3 is 2.15 bits per heavy atom. The molecule has 33 heavy (non-hydrogen) atoms. The highest BCUT2D eigenvalue weighted by Crippen LogP contribution is 2.19. The van der Waals surface area contributed by atoms with Crippen molar-refractivity contribution in [1.82, 2.24) is 15.5 Å². The van der Waals surface area contributed by atoms with Crippen LogP contribution in [0.15, 0.2) is 52.9 Å². The molecule has 0 saturated heterocycles. The summed E-state index contributed by atoms with van der Waals surface area (Å²) in [6.07, 6.45) is 0.133. The Bertz CT molecular complexity index is 1090. The van der Waals surface area contributed by atoms with Crippen molar-refractivity contribution < 1.29 is 18.7 Å². The van der Waals surface area contributed by atoms with Crippen molar-refractivity contribution in [2.45, 2.75) is 52.1 Å². The van der Waals surface area contributed by atoms with Crippen LogP contribution in [0.25, 0.3) is 0 Å². The summed E-state index contributed by atoms with van der Waals surface area (Å²) in [4.78, 5) is 26.0. The average Bonchev–Trinajstić information content (AvgIpc) is 3.17. The minimum atomic E-state index is -1.41. The van der Waals surface area contributed by atoms with Crippen LogP contribution in [0, 0.1) is 6.92 Å². The number of Topliss-reactive ketones (excluding diaryl/α,β-unsaturated/α-hetero) is 1. The first-order chi connectivity index (χ1) is 15.7. The maximum Gasteiger partial charge on any atom is 0.230 e. The van der Waals surface area contributed by atoms with Crippen molar-refractivity contribution in [1.29, 1.82) is 0 Å². The van der Waals surface area contributed by atoms with Crippen LogP contribution >= 0.6 is 0 Å². The van der Waals surface area contributed by atoms with Crippen LogP contribution in [0.3, 0.4) is 0 Å². The van der Waals surface area contributed by atoms with Gasteiger partial charge in [-0.1, -0.05) is 73.4 Å². The molecular formula is C25H31N3O4Si. The van der Waals surface area contributed by atoms with Crippen molar-refractivity contribution in [2.75, 3.05) is 7.11 Å². The Hall–Kier alpha value is -3.10. The fourth-order valence-corrected chi connectivity index (χ4v) is 4.67. The molecule has 1 amide bonds. The first-order valence-electron chi connectivity index (χ1n) is 10.9. The number of nitrogens with one attached hydrogen (secondary N) is 1. The zero-order valence-corrected chi connectivity index (χ0v) is 20.8. The van der Waals surface area contributed by atoms with Crippen molar-refractivity contribution in [3.8, 4) is 0 Å². The van der Waals surface area contributed by atoms with Crippen LogP contribution in [-0.2, 0) is 33.8 Å². The van der Waals surface area contributed by atoms with Gasteiger partial charge in [-0.2, -0.15) is 0 Å². The predicted octanol–water partition coefficient (Wildman–Crippen LogP) is 3.28. The molecule has 1 aromatic heterocycles. The lowest BCUT2D eigenvalue weighted by atomic mass is 9.96. The maximum atomic E-state index is 13.3. The molecule has 0 fully saturated rings. The van der Waals surface area contributed by atoms with Crippen molar-refractivity contribution in [3.05, 3.63) is 77.0 Å². The van der Waals surface area contributed by atoms with Crippen LogP contribution in [0.2, 0.25) is 19.6 Å². The molecule has 0 aliphatic heterocycles. The van der Waals surface area contributed by atoms with E-state index < -0.39 is 14.1 Å². The fraction of sp³-hybridized carbons (Fsp3) is 0.360. The summed E-state index contributed by atoms with van der Waals surface area (Å²) in [5, 5.41) is 11.8. The van der Waals surface area contributed by atoms with E-state index in [-0.39, 0.29) is 30.4 Å². The van der Waals surface area contributed by atoms with Crippen LogP contribution in [0.5, 0.6) is 0 Å². The standard InChI is InChI=1S/C25H31N3O4Si/c1-17-27-28-24(32-17)15-23(30)26-25(20-10-6-19(7-11-20)16-31-2)22(29)14-18-8-12-21(13-9-18)33(3,4)5/h6-13,25H,14-16H2,1-5H3,(H,26,30). The molecule has 3 rings (SSSR count). The second-order valence-electron chi connectivity index (χ2n) is 9.16. The second-order valence-corrected chi connectivity index (χ2v) is 14.2. The highest BCUT2D eigenvalue weighted by atomic mass is 28.3. The molecule has 0 bridgehead atoms. The Morgan fingerprint density at radius 1 is 0.970 bits per heavy atom. The number of hydrogen-bond donors (Lipinski definition) is 1. The molecule has 174 valence electrons. The summed E-state index contributed by atoms with van der Waals surface area (Å²) < 4.78 is 10.5. The van der Waals surface area contributed by atoms with Gasteiger partial charge in [0.2, 0.25) is 17.7 Å². The Morgan fingerprint density at radius 2 is 1.61 bits per heavy atom. The SMILES string of the molecule is COCc1ccc(C(NC(=O)Cc2nnc(C)o2)C(=O)Cc2ccc([Si](C)(C)C)cc2)cc1. The molecule has 0 spiro atoms. The average molecular weight is 466 g/mol. The third-order valence-electron chi connectivity index (χ3n) is 5.33. The highest BCUT2D eigenvalue weighted by Gasteiger charge is 2.24. The highest BCUT2D eigenvalue weighted by molar-refractivity contribution is 6.88. The molecule has 7 nitrogen and oxygen atoms in total. The number of aryl methyl sites for hydroxylation is 1. The number of amides is 1. The van der Waals surface area contributed by atoms with Gasteiger partial charge in [-0.05, 0) is 16.7 Å². The van der Waals surface area contributed by atoms with E-state index in [2.05, 4.69) is 47.3 Å². The van der Waals surface area contributed by atoms with E-state index in [4.69, 9.17) is 9.15 Å². The lowest BCUT2D eigenvalue weighted by Crippen LogP contribution is -2.37. The molecule has 0 aliphatic rings. The Balaban J connectivity index is 1.79. The molecule has 0 radical (unpaired) electrons. The molecule has 1 N–H and O–H groups in total. The quantitative estimate of drug-likeness (QED) is 0.462. The number of rotatable bonds is 10. The van der Waals surface area contributed by atoms with E-state index in [1.807, 2.05) is 36.4 Å². The summed E-state index contributed by atoms with van der Waals surface area (Å²) >= 11 is 0. The first kappa shape index (κ1) is 24.5. The fourth-order valence-electron chi connectivity index (χ4n) is 3.51. The van der Waals surface area contributed by atoms with Gasteiger partial charge >= 0.3 is 0 Å². The van der Waals surface area contributed by atoms with E-state index in [0.717, 1.165) is 11.1 Å². The van der Waals surface area contributed by atoms with Crippen LogP contribution in [0.1, 0.15) is 34.5 Å². The largest absolute Gasteiger partial charge is 0.425 e. The lowest BCUT2D eigenvalue weighted by molar-refractivity contribution is -0.127. The van der Waals surface area contributed by atoms with Gasteiger partial charge in [0.1, 0.15) is 12.5 Å². The van der Waals surface area contributed by atoms with E-state index in [0.29, 0.717) is 18.1 Å². The number of methoxy groups -OCH3 is 1. The van der Waals surface area contributed by atoms with Crippen molar-refractivity contribution in [2.24, 2.45) is 0 Å². The van der Waals surface area contributed by atoms with Gasteiger partial charge in [-0.15, -0.1) is 10.2 Å². The van der Waals surface area contributed by atoms with Gasteiger partial charge in [0.15, 0.2) is 5.78 Å². The number of nitrogens with zero attached hydrogens (tertiary/aromatic N) is 2. The van der Waals surface area contributed by atoms with E-state index in [1.165, 1.54) is 5.19 Å². The number of carbonyl (C=O) groups is 2. The van der Waals surface area contributed by atoms with Gasteiger partial charge in [-0.3, -0.25) is 9.59 Å². The smallest absolute Gasteiger partial charge is 0.230 e. The van der Waals surface area contributed by atoms with E-state index in [1.54, 1.807) is 14.0 Å². The number of hydrogen-bond acceptors (Lipinski definition) is 6. The zero-order valence-electron chi connectivity index (χ0n) is 19.8. The third-order valence-corrected chi connectivity index (χ3v) is 7.39. The summed E-state index contributed by atoms with van der Waals surface area (Å²) in [5.74, 6) is 0.159. The van der Waals surface area contributed by atoms with Gasteiger partial charge < -0.3 is 14.5 Å². The third kappa shape index (κ3) is 6.94. The topological polar surface area (TPSA) is 94.3 Å². The van der Waals surface area contributed by atoms with Crippen LogP contribution in [-0.4, -0.2) is 37.1 Å². The number of ketones is 1. The molecule has 8 heteroatoms. The molecule has 3 aromatic rings. The summed E-state index contributed by atoms with van der Waals surface area (Å²) in [7, 11) is 0.220. The summed E-state index contributed by atoms with van der Waals surface area (Å²) in [6.45, 7) is 9.01. The van der Waals surface area contributed by atoms with Crippen molar-refractivity contribution >= 4 is 25.0 Å². The minimum absolute atomic E-state index is 0.0860. The van der Waals surface area contributed by atoms with Gasteiger partial charge in [-0.25, -0.2) is 0 Å². The first-order valence-corrected chi connectivity index (χ1v) is 14.4. The second kappa shape index (κ2) is 10.7. The summed E-state index contributed by atoms with van der Waals surface area (Å²) in [5.41, 5.74) is 2.63. The van der Waals surface area contributed by atoms with E-state index >= 15 is 0 Å².